The van der Waals surface area contributed by atoms with Gasteiger partial charge in [-0.2, -0.15) is 0 Å². The lowest BCUT2D eigenvalue weighted by atomic mass is 9.91. The first-order valence-electron chi connectivity index (χ1n) is 9.63. The van der Waals surface area contributed by atoms with Crippen LogP contribution >= 0.6 is 15.9 Å². The van der Waals surface area contributed by atoms with Crippen molar-refractivity contribution in [2.45, 2.75) is 41.5 Å². The van der Waals surface area contributed by atoms with E-state index in [1.165, 1.54) is 0 Å². The highest BCUT2D eigenvalue weighted by Crippen LogP contribution is 2.36. The van der Waals surface area contributed by atoms with Crippen molar-refractivity contribution in [2.24, 2.45) is 7.05 Å². The van der Waals surface area contributed by atoms with Gasteiger partial charge in [-0.1, -0.05) is 27.6 Å². The summed E-state index contributed by atoms with van der Waals surface area (Å²) in [7, 11) is 1.98. The van der Waals surface area contributed by atoms with Gasteiger partial charge in [0.15, 0.2) is 0 Å². The minimum atomic E-state index is -0.525. The van der Waals surface area contributed by atoms with Crippen LogP contribution in [-0.4, -0.2) is 29.7 Å². The lowest BCUT2D eigenvalue weighted by Crippen LogP contribution is -2.19. The van der Waals surface area contributed by atoms with Gasteiger partial charge in [-0.3, -0.25) is 0 Å². The first-order valence-corrected chi connectivity index (χ1v) is 10.4. The lowest BCUT2D eigenvalue weighted by molar-refractivity contribution is -0.142. The molecule has 0 fully saturated rings. The number of aryl methyl sites for hydroxylation is 1. The number of hydrogen-bond donors (Lipinski definition) is 0. The predicted molar refractivity (Wildman–Crippen MR) is 120 cm³/mol. The maximum atomic E-state index is 13.0. The van der Waals surface area contributed by atoms with Gasteiger partial charge >= 0.3 is 11.9 Å². The average molecular weight is 462 g/mol. The number of ether oxygens (including phenoxy) is 2. The Labute approximate surface area is 180 Å². The van der Waals surface area contributed by atoms with E-state index in [0.717, 1.165) is 26.6 Å². The topological polar surface area (TPSA) is 57.5 Å². The Balaban J connectivity index is 2.91. The van der Waals surface area contributed by atoms with Crippen molar-refractivity contribution >= 4 is 44.3 Å². The molecule has 0 aliphatic heterocycles. The highest BCUT2D eigenvalue weighted by molar-refractivity contribution is 9.10. The standard InChI is InChI=1S/C23H28BrNO4/c1-8-28-22(26)19(13(3)4)21(23(27)29-9-2)14(5)20-15(6)25(7)18-12-16(24)10-11-17(18)20/h10-12H,8-9H2,1-7H3/b21-14-. The first kappa shape index (κ1) is 22.9. The molecular formula is C23H28BrNO4. The highest BCUT2D eigenvalue weighted by atomic mass is 79.9. The second-order valence-electron chi connectivity index (χ2n) is 7.00. The van der Waals surface area contributed by atoms with Crippen LogP contribution in [0.4, 0.5) is 0 Å². The Morgan fingerprint density at radius 2 is 1.55 bits per heavy atom. The molecule has 1 aromatic heterocycles. The molecule has 6 heteroatoms. The summed E-state index contributed by atoms with van der Waals surface area (Å²) in [6, 6.07) is 6.02. The first-order chi connectivity index (χ1) is 13.6. The summed E-state index contributed by atoms with van der Waals surface area (Å²) in [6.45, 7) is 11.4. The molecule has 0 spiro atoms. The van der Waals surface area contributed by atoms with Gasteiger partial charge in [0.25, 0.3) is 0 Å². The molecular weight excluding hydrogens is 434 g/mol. The Hall–Kier alpha value is -2.34. The van der Waals surface area contributed by atoms with Crippen LogP contribution in [-0.2, 0) is 26.1 Å². The van der Waals surface area contributed by atoms with Crippen LogP contribution < -0.4 is 0 Å². The van der Waals surface area contributed by atoms with E-state index in [1.807, 2.05) is 39.1 Å². The highest BCUT2D eigenvalue weighted by Gasteiger charge is 2.29. The predicted octanol–water partition coefficient (Wildman–Crippen LogP) is 5.49. The average Bonchev–Trinajstić information content (AvgIpc) is 2.89. The van der Waals surface area contributed by atoms with E-state index in [-0.39, 0.29) is 24.4 Å². The fraction of sp³-hybridized carbons (Fsp3) is 0.391. The zero-order chi connectivity index (χ0) is 21.9. The second kappa shape index (κ2) is 9.44. The lowest BCUT2D eigenvalue weighted by Gasteiger charge is -2.16. The molecule has 1 heterocycles. The SMILES string of the molecule is CCOC(=O)C(=C(C)C)/C(C(=O)OCC)=C(\C)c1c(C)n(C)c2cc(Br)ccc12. The Kier molecular flexibility index (Phi) is 7.47. The van der Waals surface area contributed by atoms with Crippen molar-refractivity contribution in [3.8, 4) is 0 Å². The van der Waals surface area contributed by atoms with Crippen LogP contribution in [0.25, 0.3) is 16.5 Å². The summed E-state index contributed by atoms with van der Waals surface area (Å²) < 4.78 is 13.6. The normalized spacial score (nSPS) is 11.9. The van der Waals surface area contributed by atoms with E-state index in [1.54, 1.807) is 27.7 Å². The number of allylic oxidation sites excluding steroid dienone is 2. The third-order valence-corrected chi connectivity index (χ3v) is 5.41. The number of fused-ring (bicyclic) bond motifs is 1. The van der Waals surface area contributed by atoms with Crippen molar-refractivity contribution in [3.05, 3.63) is 50.6 Å². The smallest absolute Gasteiger partial charge is 0.339 e. The van der Waals surface area contributed by atoms with Crippen LogP contribution in [0.1, 0.15) is 45.9 Å². The molecule has 0 radical (unpaired) electrons. The number of rotatable bonds is 6. The van der Waals surface area contributed by atoms with E-state index >= 15 is 0 Å². The summed E-state index contributed by atoms with van der Waals surface area (Å²) >= 11 is 3.52. The summed E-state index contributed by atoms with van der Waals surface area (Å²) in [6.07, 6.45) is 0. The molecule has 0 aliphatic carbocycles. The molecule has 0 saturated heterocycles. The van der Waals surface area contributed by atoms with Crippen LogP contribution in [0.5, 0.6) is 0 Å². The third kappa shape index (κ3) is 4.47. The van der Waals surface area contributed by atoms with Gasteiger partial charge in [0.05, 0.1) is 24.4 Å². The molecule has 0 amide bonds. The van der Waals surface area contributed by atoms with Gasteiger partial charge in [-0.05, 0) is 59.2 Å². The quantitative estimate of drug-likeness (QED) is 0.324. The largest absolute Gasteiger partial charge is 0.462 e. The fourth-order valence-corrected chi connectivity index (χ4v) is 3.89. The van der Waals surface area contributed by atoms with Crippen LogP contribution in [0.3, 0.4) is 0 Å². The van der Waals surface area contributed by atoms with E-state index in [0.29, 0.717) is 11.1 Å². The van der Waals surface area contributed by atoms with Crippen LogP contribution in [0, 0.1) is 6.92 Å². The summed E-state index contributed by atoms with van der Waals surface area (Å²) in [5.41, 5.74) is 4.85. The summed E-state index contributed by atoms with van der Waals surface area (Å²) in [5, 5.41) is 1.00. The summed E-state index contributed by atoms with van der Waals surface area (Å²) in [5.74, 6) is -1.04. The number of esters is 2. The monoisotopic (exact) mass is 461 g/mol. The molecule has 5 nitrogen and oxygen atoms in total. The van der Waals surface area contributed by atoms with Gasteiger partial charge in [0.1, 0.15) is 0 Å². The number of carbonyl (C=O) groups excluding carboxylic acids is 2. The Morgan fingerprint density at radius 3 is 2.07 bits per heavy atom. The molecule has 0 unspecified atom stereocenters. The molecule has 2 rings (SSSR count). The Bertz CT molecular complexity index is 1020. The van der Waals surface area contributed by atoms with Gasteiger partial charge in [-0.15, -0.1) is 0 Å². The molecule has 2 aromatic rings. The molecule has 29 heavy (non-hydrogen) atoms. The Morgan fingerprint density at radius 1 is 1.00 bits per heavy atom. The van der Waals surface area contributed by atoms with Crippen molar-refractivity contribution < 1.29 is 19.1 Å². The fourth-order valence-electron chi connectivity index (χ4n) is 3.54. The van der Waals surface area contributed by atoms with Crippen molar-refractivity contribution in [1.82, 2.24) is 4.57 Å². The number of aromatic nitrogens is 1. The number of carbonyl (C=O) groups is 2. The van der Waals surface area contributed by atoms with E-state index in [9.17, 15) is 9.59 Å². The van der Waals surface area contributed by atoms with Crippen LogP contribution in [0.2, 0.25) is 0 Å². The van der Waals surface area contributed by atoms with E-state index < -0.39 is 11.9 Å². The second-order valence-corrected chi connectivity index (χ2v) is 7.91. The molecule has 0 bridgehead atoms. The number of hydrogen-bond acceptors (Lipinski definition) is 4. The number of benzene rings is 1. The molecule has 0 aliphatic rings. The molecule has 0 N–H and O–H groups in total. The van der Waals surface area contributed by atoms with E-state index in [2.05, 4.69) is 20.5 Å². The molecule has 0 atom stereocenters. The van der Waals surface area contributed by atoms with E-state index in [4.69, 9.17) is 9.47 Å². The maximum absolute atomic E-state index is 13.0. The minimum absolute atomic E-state index is 0.218. The molecule has 156 valence electrons. The van der Waals surface area contributed by atoms with Crippen molar-refractivity contribution in [1.29, 1.82) is 0 Å². The minimum Gasteiger partial charge on any atom is -0.462 e. The zero-order valence-corrected chi connectivity index (χ0v) is 19.7. The third-order valence-electron chi connectivity index (χ3n) is 4.91. The zero-order valence-electron chi connectivity index (χ0n) is 18.1. The van der Waals surface area contributed by atoms with Gasteiger partial charge < -0.3 is 14.0 Å². The van der Waals surface area contributed by atoms with Gasteiger partial charge in [0, 0.05) is 33.7 Å². The van der Waals surface area contributed by atoms with Crippen molar-refractivity contribution in [3.63, 3.8) is 0 Å². The molecule has 1 aromatic carbocycles. The summed E-state index contributed by atoms with van der Waals surface area (Å²) in [4.78, 5) is 25.7. The molecule has 0 saturated carbocycles. The van der Waals surface area contributed by atoms with Crippen molar-refractivity contribution in [2.75, 3.05) is 13.2 Å². The maximum Gasteiger partial charge on any atom is 0.339 e. The van der Waals surface area contributed by atoms with Crippen LogP contribution in [0.15, 0.2) is 39.4 Å². The van der Waals surface area contributed by atoms with Gasteiger partial charge in [-0.25, -0.2) is 9.59 Å². The van der Waals surface area contributed by atoms with Gasteiger partial charge in [0.2, 0.25) is 0 Å². The number of halogens is 1. The number of nitrogens with zero attached hydrogens (tertiary/aromatic N) is 1.